The summed E-state index contributed by atoms with van der Waals surface area (Å²) in [5, 5.41) is 7.56. The van der Waals surface area contributed by atoms with Crippen molar-refractivity contribution in [1.29, 1.82) is 0 Å². The van der Waals surface area contributed by atoms with E-state index in [0.29, 0.717) is 11.4 Å². The maximum absolute atomic E-state index is 12.1. The third kappa shape index (κ3) is 5.80. The fourth-order valence-electron chi connectivity index (χ4n) is 3.18. The molecule has 0 unspecified atom stereocenters. The summed E-state index contributed by atoms with van der Waals surface area (Å²) in [6, 6.07) is 13.7. The van der Waals surface area contributed by atoms with Gasteiger partial charge in [-0.25, -0.2) is 4.98 Å². The maximum atomic E-state index is 12.1. The molecule has 1 amide bonds. The summed E-state index contributed by atoms with van der Waals surface area (Å²) in [6.07, 6.45) is 0. The fourth-order valence-corrected chi connectivity index (χ4v) is 5.22. The zero-order valence-electron chi connectivity index (χ0n) is 18.5. The molecule has 1 N–H and O–H groups in total. The monoisotopic (exact) mass is 481 g/mol. The topological polar surface area (TPSA) is 94.3 Å². The molecule has 170 valence electrons. The number of thioether (sulfide) groups is 1. The Balaban J connectivity index is 1.24. The second-order valence-electron chi connectivity index (χ2n) is 7.57. The molecule has 0 saturated carbocycles. The van der Waals surface area contributed by atoms with Gasteiger partial charge in [0.05, 0.1) is 21.7 Å². The van der Waals surface area contributed by atoms with Gasteiger partial charge in [-0.05, 0) is 62.7 Å². The van der Waals surface area contributed by atoms with Crippen molar-refractivity contribution >= 4 is 50.9 Å². The van der Waals surface area contributed by atoms with Gasteiger partial charge in [0, 0.05) is 22.6 Å². The van der Waals surface area contributed by atoms with Crippen LogP contribution in [0.1, 0.15) is 22.6 Å². The summed E-state index contributed by atoms with van der Waals surface area (Å²) in [4.78, 5) is 28.7. The highest BCUT2D eigenvalue weighted by Crippen LogP contribution is 2.31. The van der Waals surface area contributed by atoms with Gasteiger partial charge < -0.3 is 14.6 Å². The van der Waals surface area contributed by atoms with Crippen molar-refractivity contribution in [2.24, 2.45) is 0 Å². The van der Waals surface area contributed by atoms with Crippen LogP contribution in [0, 0.1) is 20.8 Å². The van der Waals surface area contributed by atoms with Crippen LogP contribution in [0.15, 0.2) is 47.0 Å². The number of ether oxygens (including phenoxy) is 1. The molecule has 0 atom stereocenters. The third-order valence-corrected chi connectivity index (χ3v) is 6.97. The van der Waals surface area contributed by atoms with E-state index in [0.717, 1.165) is 37.8 Å². The van der Waals surface area contributed by atoms with Gasteiger partial charge >= 0.3 is 5.97 Å². The number of benzene rings is 2. The van der Waals surface area contributed by atoms with Crippen LogP contribution in [0.3, 0.4) is 0 Å². The van der Waals surface area contributed by atoms with Crippen molar-refractivity contribution < 1.29 is 18.8 Å². The number of nitrogens with one attached hydrogen (secondary N) is 1. The third-order valence-electron chi connectivity index (χ3n) is 4.97. The molecule has 0 radical (unpaired) electrons. The van der Waals surface area contributed by atoms with Gasteiger partial charge in [-0.1, -0.05) is 11.2 Å². The van der Waals surface area contributed by atoms with E-state index in [1.165, 1.54) is 17.3 Å². The molecule has 0 spiro atoms. The van der Waals surface area contributed by atoms with Crippen molar-refractivity contribution in [2.45, 2.75) is 26.5 Å². The van der Waals surface area contributed by atoms with Crippen molar-refractivity contribution in [1.82, 2.24) is 10.1 Å². The van der Waals surface area contributed by atoms with Crippen molar-refractivity contribution in [3.05, 3.63) is 65.0 Å². The van der Waals surface area contributed by atoms with Crippen LogP contribution in [0.5, 0.6) is 0 Å². The SMILES string of the molecule is Cc1ccc2nc(-c3ccc(NC(=O)COC(=O)CSCc4c(C)noc4C)cc3)sc2c1. The lowest BCUT2D eigenvalue weighted by Crippen LogP contribution is -2.21. The normalized spacial score (nSPS) is 11.0. The number of rotatable bonds is 8. The molecule has 4 rings (SSSR count). The first-order valence-corrected chi connectivity index (χ1v) is 12.3. The van der Waals surface area contributed by atoms with E-state index in [4.69, 9.17) is 9.26 Å². The lowest BCUT2D eigenvalue weighted by molar-refractivity contribution is -0.144. The average Bonchev–Trinajstić information content (AvgIpc) is 3.36. The number of hydrogen-bond donors (Lipinski definition) is 1. The van der Waals surface area contributed by atoms with E-state index < -0.39 is 5.97 Å². The molecule has 33 heavy (non-hydrogen) atoms. The summed E-state index contributed by atoms with van der Waals surface area (Å²) < 4.78 is 11.3. The van der Waals surface area contributed by atoms with Gasteiger partial charge in [-0.2, -0.15) is 0 Å². The van der Waals surface area contributed by atoms with Crippen molar-refractivity contribution in [3.63, 3.8) is 0 Å². The zero-order valence-corrected chi connectivity index (χ0v) is 20.1. The molecule has 0 aliphatic rings. The lowest BCUT2D eigenvalue weighted by Gasteiger charge is -2.07. The fraction of sp³-hybridized carbons (Fsp3) is 0.250. The van der Waals surface area contributed by atoms with Crippen molar-refractivity contribution in [3.8, 4) is 10.6 Å². The van der Waals surface area contributed by atoms with Crippen LogP contribution in [0.4, 0.5) is 5.69 Å². The Labute approximate surface area is 199 Å². The Morgan fingerprint density at radius 1 is 1.12 bits per heavy atom. The van der Waals surface area contributed by atoms with Crippen molar-refractivity contribution in [2.75, 3.05) is 17.7 Å². The number of aromatic nitrogens is 2. The predicted molar refractivity (Wildman–Crippen MR) is 132 cm³/mol. The van der Waals surface area contributed by atoms with Gasteiger partial charge in [0.25, 0.3) is 5.91 Å². The smallest absolute Gasteiger partial charge is 0.316 e. The summed E-state index contributed by atoms with van der Waals surface area (Å²) in [6.45, 7) is 5.43. The number of aryl methyl sites for hydroxylation is 3. The highest BCUT2D eigenvalue weighted by atomic mass is 32.2. The number of amides is 1. The van der Waals surface area contributed by atoms with Crippen LogP contribution in [-0.4, -0.2) is 34.4 Å². The largest absolute Gasteiger partial charge is 0.455 e. The Bertz CT molecular complexity index is 1280. The molecule has 0 bridgehead atoms. The second-order valence-corrected chi connectivity index (χ2v) is 9.59. The number of fused-ring (bicyclic) bond motifs is 1. The molecule has 2 heterocycles. The Morgan fingerprint density at radius 3 is 2.64 bits per heavy atom. The number of anilines is 1. The van der Waals surface area contributed by atoms with Crippen LogP contribution >= 0.6 is 23.1 Å². The number of nitrogens with zero attached hydrogens (tertiary/aromatic N) is 2. The zero-order chi connectivity index (χ0) is 23.4. The molecular weight excluding hydrogens is 458 g/mol. The van der Waals surface area contributed by atoms with E-state index in [9.17, 15) is 9.59 Å². The maximum Gasteiger partial charge on any atom is 0.316 e. The summed E-state index contributed by atoms with van der Waals surface area (Å²) in [5.74, 6) is 0.666. The van der Waals surface area contributed by atoms with Gasteiger partial charge in [-0.3, -0.25) is 9.59 Å². The molecule has 0 aliphatic carbocycles. The quantitative estimate of drug-likeness (QED) is 0.342. The Kier molecular flexibility index (Phi) is 7.10. The first-order valence-electron chi connectivity index (χ1n) is 10.3. The van der Waals surface area contributed by atoms with Gasteiger partial charge in [0.15, 0.2) is 6.61 Å². The minimum atomic E-state index is -0.441. The molecule has 0 fully saturated rings. The Hall–Kier alpha value is -3.17. The van der Waals surface area contributed by atoms with Crippen LogP contribution in [0.2, 0.25) is 0 Å². The molecule has 4 aromatic rings. The van der Waals surface area contributed by atoms with Gasteiger partial charge in [0.1, 0.15) is 10.8 Å². The van der Waals surface area contributed by atoms with Gasteiger partial charge in [0.2, 0.25) is 0 Å². The lowest BCUT2D eigenvalue weighted by atomic mass is 10.2. The molecule has 0 aliphatic heterocycles. The summed E-state index contributed by atoms with van der Waals surface area (Å²) in [7, 11) is 0. The predicted octanol–water partition coefficient (Wildman–Crippen LogP) is 5.29. The molecule has 9 heteroatoms. The minimum absolute atomic E-state index is 0.147. The second kappa shape index (κ2) is 10.2. The molecule has 2 aromatic heterocycles. The molecule has 2 aromatic carbocycles. The van der Waals surface area contributed by atoms with Gasteiger partial charge in [-0.15, -0.1) is 23.1 Å². The first-order chi connectivity index (χ1) is 15.9. The summed E-state index contributed by atoms with van der Waals surface area (Å²) in [5.41, 5.74) is 5.59. The van der Waals surface area contributed by atoms with Crippen LogP contribution in [-0.2, 0) is 20.1 Å². The number of hydrogen-bond acceptors (Lipinski definition) is 8. The molecular formula is C24H23N3O4S2. The van der Waals surface area contributed by atoms with Crippen LogP contribution < -0.4 is 5.32 Å². The average molecular weight is 482 g/mol. The number of carbonyl (C=O) groups excluding carboxylic acids is 2. The molecule has 0 saturated heterocycles. The highest BCUT2D eigenvalue weighted by Gasteiger charge is 2.12. The first kappa shape index (κ1) is 23.0. The van der Waals surface area contributed by atoms with E-state index in [1.54, 1.807) is 11.3 Å². The van der Waals surface area contributed by atoms with E-state index >= 15 is 0 Å². The number of carbonyl (C=O) groups is 2. The standard InChI is InChI=1S/C24H23N3O4S2/c1-14-4-9-20-21(10-14)33-24(26-20)17-5-7-18(8-6-17)25-22(28)11-30-23(29)13-32-12-19-15(2)27-31-16(19)3/h4-10H,11-13H2,1-3H3,(H,25,28). The van der Waals surface area contributed by atoms with E-state index in [-0.39, 0.29) is 18.3 Å². The highest BCUT2D eigenvalue weighted by molar-refractivity contribution is 7.99. The van der Waals surface area contributed by atoms with Crippen LogP contribution in [0.25, 0.3) is 20.8 Å². The van der Waals surface area contributed by atoms with E-state index in [1.807, 2.05) is 44.2 Å². The Morgan fingerprint density at radius 2 is 1.91 bits per heavy atom. The van der Waals surface area contributed by atoms with E-state index in [2.05, 4.69) is 34.5 Å². The molecule has 7 nitrogen and oxygen atoms in total. The number of thiazole rings is 1. The minimum Gasteiger partial charge on any atom is -0.455 e. The summed E-state index contributed by atoms with van der Waals surface area (Å²) >= 11 is 3.03. The number of esters is 1.